The molecule has 1 aromatic heterocycles. The molecule has 3 aromatic rings. The van der Waals surface area contributed by atoms with E-state index in [2.05, 4.69) is 15.3 Å². The Balaban J connectivity index is 1.87. The average Bonchev–Trinajstić information content (AvgIpc) is 2.67. The van der Waals surface area contributed by atoms with Crippen LogP contribution in [0.15, 0.2) is 60.7 Å². The molecular weight excluding hydrogens is 340 g/mol. The second-order valence-corrected chi connectivity index (χ2v) is 6.18. The first-order valence-corrected chi connectivity index (χ1v) is 8.51. The molecule has 0 atom stereocenters. The van der Waals surface area contributed by atoms with Crippen molar-refractivity contribution < 1.29 is 9.59 Å². The lowest BCUT2D eigenvalue weighted by atomic mass is 10.1. The zero-order chi connectivity index (χ0) is 19.4. The van der Waals surface area contributed by atoms with Crippen molar-refractivity contribution in [2.24, 2.45) is 0 Å². The fourth-order valence-electron chi connectivity index (χ4n) is 2.62. The van der Waals surface area contributed by atoms with Gasteiger partial charge in [0.15, 0.2) is 5.78 Å². The number of hydrogen-bond acceptors (Lipinski definition) is 5. The number of ketones is 1. The second kappa shape index (κ2) is 7.78. The van der Waals surface area contributed by atoms with Crippen LogP contribution < -0.4 is 10.2 Å². The third-order valence-corrected chi connectivity index (χ3v) is 4.05. The first-order valence-electron chi connectivity index (χ1n) is 8.51. The van der Waals surface area contributed by atoms with Gasteiger partial charge in [0.05, 0.1) is 0 Å². The lowest BCUT2D eigenvalue weighted by molar-refractivity contribution is 0.0986. The molecule has 6 heteroatoms. The number of benzene rings is 2. The summed E-state index contributed by atoms with van der Waals surface area (Å²) in [6.45, 7) is 3.32. The van der Waals surface area contributed by atoms with Crippen molar-refractivity contribution in [3.8, 4) is 0 Å². The molecule has 1 amide bonds. The minimum absolute atomic E-state index is 0.0239. The number of para-hydroxylation sites is 1. The molecule has 0 fully saturated rings. The third kappa shape index (κ3) is 4.36. The van der Waals surface area contributed by atoms with Gasteiger partial charge in [-0.25, -0.2) is 9.97 Å². The van der Waals surface area contributed by atoms with Crippen LogP contribution in [0.5, 0.6) is 0 Å². The molecule has 0 aliphatic heterocycles. The molecule has 3 rings (SSSR count). The summed E-state index contributed by atoms with van der Waals surface area (Å²) in [5.41, 5.74) is 3.01. The summed E-state index contributed by atoms with van der Waals surface area (Å²) in [6, 6.07) is 18.1. The van der Waals surface area contributed by atoms with Gasteiger partial charge in [0, 0.05) is 29.7 Å². The van der Waals surface area contributed by atoms with Gasteiger partial charge in [0.2, 0.25) is 5.95 Å². The van der Waals surface area contributed by atoms with E-state index in [4.69, 9.17) is 0 Å². The number of anilines is 3. The van der Waals surface area contributed by atoms with E-state index in [9.17, 15) is 9.59 Å². The molecule has 0 saturated heterocycles. The van der Waals surface area contributed by atoms with Crippen molar-refractivity contribution in [1.82, 2.24) is 9.97 Å². The zero-order valence-corrected chi connectivity index (χ0v) is 15.4. The SMILES string of the molecule is CC(=O)c1cccc(Nc2nc(C)cc(C(=O)N(C)c3ccccc3)n2)c1. The molecule has 0 spiro atoms. The van der Waals surface area contributed by atoms with Gasteiger partial charge in [-0.3, -0.25) is 9.59 Å². The predicted octanol–water partition coefficient (Wildman–Crippen LogP) is 4.01. The number of nitrogens with one attached hydrogen (secondary N) is 1. The number of aryl methyl sites for hydroxylation is 1. The summed E-state index contributed by atoms with van der Waals surface area (Å²) < 4.78 is 0. The van der Waals surface area contributed by atoms with Gasteiger partial charge in [0.25, 0.3) is 5.91 Å². The molecular formula is C21H20N4O2. The lowest BCUT2D eigenvalue weighted by Crippen LogP contribution is -2.27. The Bertz CT molecular complexity index is 986. The summed E-state index contributed by atoms with van der Waals surface area (Å²) >= 11 is 0. The summed E-state index contributed by atoms with van der Waals surface area (Å²) in [5, 5.41) is 3.07. The Hall–Kier alpha value is -3.54. The molecule has 1 heterocycles. The maximum absolute atomic E-state index is 12.8. The van der Waals surface area contributed by atoms with Crippen LogP contribution in [0.3, 0.4) is 0 Å². The topological polar surface area (TPSA) is 75.2 Å². The predicted molar refractivity (Wildman–Crippen MR) is 106 cm³/mol. The van der Waals surface area contributed by atoms with E-state index in [0.717, 1.165) is 5.69 Å². The molecule has 136 valence electrons. The van der Waals surface area contributed by atoms with E-state index in [0.29, 0.717) is 28.6 Å². The Labute approximate surface area is 157 Å². The second-order valence-electron chi connectivity index (χ2n) is 6.18. The highest BCUT2D eigenvalue weighted by molar-refractivity contribution is 6.04. The number of Topliss-reactive ketones (excluding diaryl/α,β-unsaturated/α-hetero) is 1. The molecule has 0 radical (unpaired) electrons. The number of carbonyl (C=O) groups is 2. The molecule has 0 unspecified atom stereocenters. The molecule has 1 N–H and O–H groups in total. The fourth-order valence-corrected chi connectivity index (χ4v) is 2.62. The van der Waals surface area contributed by atoms with E-state index in [1.165, 1.54) is 6.92 Å². The first-order chi connectivity index (χ1) is 12.9. The molecule has 2 aromatic carbocycles. The average molecular weight is 360 g/mol. The number of rotatable bonds is 5. The number of amides is 1. The molecule has 0 aliphatic rings. The Morgan fingerprint density at radius 2 is 1.70 bits per heavy atom. The smallest absolute Gasteiger partial charge is 0.276 e. The van der Waals surface area contributed by atoms with E-state index >= 15 is 0 Å². The van der Waals surface area contributed by atoms with Gasteiger partial charge in [-0.2, -0.15) is 0 Å². The van der Waals surface area contributed by atoms with E-state index in [-0.39, 0.29) is 11.7 Å². The van der Waals surface area contributed by atoms with Gasteiger partial charge in [-0.1, -0.05) is 30.3 Å². The summed E-state index contributed by atoms with van der Waals surface area (Å²) in [4.78, 5) is 34.6. The largest absolute Gasteiger partial charge is 0.324 e. The van der Waals surface area contributed by atoms with Crippen molar-refractivity contribution in [2.45, 2.75) is 13.8 Å². The van der Waals surface area contributed by atoms with Gasteiger partial charge in [-0.15, -0.1) is 0 Å². The maximum atomic E-state index is 12.8. The van der Waals surface area contributed by atoms with Gasteiger partial charge in [-0.05, 0) is 44.2 Å². The van der Waals surface area contributed by atoms with E-state index in [1.54, 1.807) is 43.1 Å². The fraction of sp³-hybridized carbons (Fsp3) is 0.143. The van der Waals surface area contributed by atoms with E-state index < -0.39 is 0 Å². The highest BCUT2D eigenvalue weighted by atomic mass is 16.2. The van der Waals surface area contributed by atoms with E-state index in [1.807, 2.05) is 36.4 Å². The molecule has 0 aliphatic carbocycles. The van der Waals surface area contributed by atoms with Crippen molar-refractivity contribution in [2.75, 3.05) is 17.3 Å². The van der Waals surface area contributed by atoms with Crippen LogP contribution in [0.25, 0.3) is 0 Å². The summed E-state index contributed by atoms with van der Waals surface area (Å²) in [7, 11) is 1.71. The Morgan fingerprint density at radius 1 is 0.963 bits per heavy atom. The highest BCUT2D eigenvalue weighted by Gasteiger charge is 2.16. The molecule has 6 nitrogen and oxygen atoms in total. The zero-order valence-electron chi connectivity index (χ0n) is 15.4. The van der Waals surface area contributed by atoms with Crippen molar-refractivity contribution in [1.29, 1.82) is 0 Å². The molecule has 0 saturated carbocycles. The minimum Gasteiger partial charge on any atom is -0.324 e. The number of nitrogens with zero attached hydrogens (tertiary/aromatic N) is 3. The molecule has 27 heavy (non-hydrogen) atoms. The lowest BCUT2D eigenvalue weighted by Gasteiger charge is -2.17. The van der Waals surface area contributed by atoms with Crippen LogP contribution >= 0.6 is 0 Å². The van der Waals surface area contributed by atoms with Crippen LogP contribution in [0.4, 0.5) is 17.3 Å². The number of carbonyl (C=O) groups excluding carboxylic acids is 2. The summed E-state index contributed by atoms with van der Waals surface area (Å²) in [5.74, 6) is 0.0527. The Kier molecular flexibility index (Phi) is 5.26. The van der Waals surface area contributed by atoms with Crippen molar-refractivity contribution in [3.05, 3.63) is 77.6 Å². The molecule has 0 bridgehead atoms. The normalized spacial score (nSPS) is 10.3. The quantitative estimate of drug-likeness (QED) is 0.696. The van der Waals surface area contributed by atoms with Crippen LogP contribution in [-0.2, 0) is 0 Å². The maximum Gasteiger partial charge on any atom is 0.276 e. The van der Waals surface area contributed by atoms with Crippen LogP contribution in [0.2, 0.25) is 0 Å². The third-order valence-electron chi connectivity index (χ3n) is 4.05. The standard InChI is InChI=1S/C21H20N4O2/c1-14-12-19(20(27)25(3)18-10-5-4-6-11-18)24-21(22-14)23-17-9-7-8-16(13-17)15(2)26/h4-13H,1-3H3,(H,22,23,24). The highest BCUT2D eigenvalue weighted by Crippen LogP contribution is 2.18. The van der Waals surface area contributed by atoms with Crippen molar-refractivity contribution >= 4 is 29.0 Å². The van der Waals surface area contributed by atoms with Crippen LogP contribution in [0.1, 0.15) is 33.5 Å². The first kappa shape index (κ1) is 18.3. The minimum atomic E-state index is -0.229. The van der Waals surface area contributed by atoms with Crippen molar-refractivity contribution in [3.63, 3.8) is 0 Å². The Morgan fingerprint density at radius 3 is 2.41 bits per heavy atom. The van der Waals surface area contributed by atoms with Crippen LogP contribution in [0, 0.1) is 6.92 Å². The number of hydrogen-bond donors (Lipinski definition) is 1. The van der Waals surface area contributed by atoms with Crippen LogP contribution in [-0.4, -0.2) is 28.7 Å². The van der Waals surface area contributed by atoms with Gasteiger partial charge in [0.1, 0.15) is 5.69 Å². The van der Waals surface area contributed by atoms with Gasteiger partial charge < -0.3 is 10.2 Å². The van der Waals surface area contributed by atoms with Gasteiger partial charge >= 0.3 is 0 Å². The number of aromatic nitrogens is 2. The summed E-state index contributed by atoms with van der Waals surface area (Å²) in [6.07, 6.45) is 0. The monoisotopic (exact) mass is 360 g/mol.